The summed E-state index contributed by atoms with van der Waals surface area (Å²) in [4.78, 5) is 52.6. The van der Waals surface area contributed by atoms with Crippen LogP contribution in [0.2, 0.25) is 0 Å². The highest BCUT2D eigenvalue weighted by Gasteiger charge is 2.53. The molecule has 2 aromatic rings. The predicted octanol–water partition coefficient (Wildman–Crippen LogP) is 6.97. The number of aliphatic carboxylic acids is 1. The van der Waals surface area contributed by atoms with Crippen LogP contribution in [0.4, 0.5) is 0 Å². The van der Waals surface area contributed by atoms with Gasteiger partial charge in [0.05, 0.1) is 28.8 Å². The van der Waals surface area contributed by atoms with Crippen molar-refractivity contribution >= 4 is 34.6 Å². The Kier molecular flexibility index (Phi) is 10.1. The Morgan fingerprint density at radius 2 is 1.27 bits per heavy atom. The molecule has 0 saturated heterocycles. The van der Waals surface area contributed by atoms with Crippen LogP contribution in [-0.2, 0) is 28.7 Å². The third-order valence-electron chi connectivity index (χ3n) is 7.74. The molecule has 3 atom stereocenters. The number of carboxylic acids is 1. The van der Waals surface area contributed by atoms with E-state index < -0.39 is 51.1 Å². The SMILES string of the molecule is CCC(C)(CC(C)(CC(C)(CC(C)(C)C(=O)Oc1ccc2ccccc2c1)C(=O)O)C(=O)OC)C(=O)OC(C)(C)C. The van der Waals surface area contributed by atoms with E-state index in [1.807, 2.05) is 37.3 Å². The van der Waals surface area contributed by atoms with Gasteiger partial charge in [-0.3, -0.25) is 19.2 Å². The largest absolute Gasteiger partial charge is 0.481 e. The van der Waals surface area contributed by atoms with E-state index in [4.69, 9.17) is 14.2 Å². The number of fused-ring (bicyclic) bond motifs is 1. The van der Waals surface area contributed by atoms with Crippen molar-refractivity contribution in [1.82, 2.24) is 0 Å². The summed E-state index contributed by atoms with van der Waals surface area (Å²) in [6, 6.07) is 13.0. The van der Waals surface area contributed by atoms with Crippen molar-refractivity contribution in [3.63, 3.8) is 0 Å². The fourth-order valence-electron chi connectivity index (χ4n) is 5.66. The normalized spacial score (nSPS) is 16.5. The number of carbonyl (C=O) groups excluding carboxylic acids is 3. The van der Waals surface area contributed by atoms with Gasteiger partial charge in [0.25, 0.3) is 0 Å². The van der Waals surface area contributed by atoms with E-state index >= 15 is 0 Å². The molecule has 41 heavy (non-hydrogen) atoms. The zero-order valence-electron chi connectivity index (χ0n) is 26.2. The van der Waals surface area contributed by atoms with E-state index in [1.54, 1.807) is 60.6 Å². The lowest BCUT2D eigenvalue weighted by Gasteiger charge is -2.42. The predicted molar refractivity (Wildman–Crippen MR) is 157 cm³/mol. The smallest absolute Gasteiger partial charge is 0.316 e. The first kappa shape index (κ1) is 33.8. The number of carboxylic acid groups (broad SMARTS) is 1. The average molecular weight is 571 g/mol. The maximum Gasteiger partial charge on any atom is 0.316 e. The Labute approximate surface area is 243 Å². The number of hydrogen-bond donors (Lipinski definition) is 1. The summed E-state index contributed by atoms with van der Waals surface area (Å²) in [6.45, 7) is 15.2. The molecule has 0 bridgehead atoms. The molecule has 8 nitrogen and oxygen atoms in total. The first-order valence-corrected chi connectivity index (χ1v) is 14.0. The van der Waals surface area contributed by atoms with Crippen molar-refractivity contribution in [1.29, 1.82) is 0 Å². The molecule has 0 heterocycles. The standard InChI is InChI=1S/C33H46O8/c1-11-31(7,28(38)41-29(2,3)4)20-33(9,27(37)39-10)21-32(8,25(34)35)19-30(5,6)26(36)40-24-17-16-22-14-12-13-15-23(22)18-24/h12-18H,11,19-21H2,1-10H3,(H,34,35). The zero-order valence-corrected chi connectivity index (χ0v) is 26.2. The number of benzene rings is 2. The van der Waals surface area contributed by atoms with Gasteiger partial charge in [0.15, 0.2) is 0 Å². The first-order valence-electron chi connectivity index (χ1n) is 14.0. The Hall–Kier alpha value is -3.42. The van der Waals surface area contributed by atoms with Gasteiger partial charge in [-0.2, -0.15) is 0 Å². The van der Waals surface area contributed by atoms with Gasteiger partial charge in [0, 0.05) is 0 Å². The van der Waals surface area contributed by atoms with Crippen LogP contribution in [0.5, 0.6) is 5.75 Å². The van der Waals surface area contributed by atoms with Crippen molar-refractivity contribution in [2.24, 2.45) is 21.7 Å². The lowest BCUT2D eigenvalue weighted by Crippen LogP contribution is -2.47. The monoisotopic (exact) mass is 570 g/mol. The van der Waals surface area contributed by atoms with Gasteiger partial charge >= 0.3 is 23.9 Å². The molecular formula is C33H46O8. The number of hydrogen-bond acceptors (Lipinski definition) is 7. The van der Waals surface area contributed by atoms with Gasteiger partial charge in [-0.15, -0.1) is 0 Å². The van der Waals surface area contributed by atoms with E-state index in [9.17, 15) is 24.3 Å². The Morgan fingerprint density at radius 1 is 0.707 bits per heavy atom. The third kappa shape index (κ3) is 8.30. The second-order valence-electron chi connectivity index (χ2n) is 13.6. The molecule has 0 aromatic heterocycles. The van der Waals surface area contributed by atoms with Crippen molar-refractivity contribution in [3.8, 4) is 5.75 Å². The maximum absolute atomic E-state index is 13.4. The Balaban J connectivity index is 2.38. The van der Waals surface area contributed by atoms with Crippen LogP contribution in [0.15, 0.2) is 42.5 Å². The average Bonchev–Trinajstić information content (AvgIpc) is 2.86. The maximum atomic E-state index is 13.4. The van der Waals surface area contributed by atoms with Crippen molar-refractivity contribution in [2.45, 2.75) is 93.6 Å². The molecule has 3 unspecified atom stereocenters. The molecular weight excluding hydrogens is 524 g/mol. The molecule has 0 aliphatic carbocycles. The van der Waals surface area contributed by atoms with E-state index in [0.717, 1.165) is 10.8 Å². The van der Waals surface area contributed by atoms with E-state index in [2.05, 4.69) is 0 Å². The third-order valence-corrected chi connectivity index (χ3v) is 7.74. The van der Waals surface area contributed by atoms with Crippen LogP contribution >= 0.6 is 0 Å². The molecule has 0 radical (unpaired) electrons. The summed E-state index contributed by atoms with van der Waals surface area (Å²) in [7, 11) is 1.24. The van der Waals surface area contributed by atoms with Gasteiger partial charge in [0.2, 0.25) is 0 Å². The topological polar surface area (TPSA) is 116 Å². The van der Waals surface area contributed by atoms with Crippen LogP contribution in [0.25, 0.3) is 10.8 Å². The Bertz CT molecular complexity index is 1290. The quantitative estimate of drug-likeness (QED) is 0.215. The molecule has 8 heteroatoms. The number of ether oxygens (including phenoxy) is 3. The number of methoxy groups -OCH3 is 1. The highest BCUT2D eigenvalue weighted by Crippen LogP contribution is 2.49. The van der Waals surface area contributed by atoms with Crippen molar-refractivity contribution in [3.05, 3.63) is 42.5 Å². The fraction of sp³-hybridized carbons (Fsp3) is 0.576. The van der Waals surface area contributed by atoms with Crippen molar-refractivity contribution < 1.29 is 38.5 Å². The molecule has 0 fully saturated rings. The van der Waals surface area contributed by atoms with E-state index in [1.165, 1.54) is 14.0 Å². The lowest BCUT2D eigenvalue weighted by molar-refractivity contribution is -0.173. The van der Waals surface area contributed by atoms with Gasteiger partial charge in [-0.05, 0) is 104 Å². The summed E-state index contributed by atoms with van der Waals surface area (Å²) in [5, 5.41) is 12.3. The van der Waals surface area contributed by atoms with Gasteiger partial charge in [-0.1, -0.05) is 37.3 Å². The van der Waals surface area contributed by atoms with Gasteiger partial charge in [0.1, 0.15) is 11.4 Å². The molecule has 0 aliphatic rings. The van der Waals surface area contributed by atoms with E-state index in [-0.39, 0.29) is 19.3 Å². The second-order valence-corrected chi connectivity index (χ2v) is 13.6. The number of esters is 3. The van der Waals surface area contributed by atoms with Crippen LogP contribution in [0.3, 0.4) is 0 Å². The fourth-order valence-corrected chi connectivity index (χ4v) is 5.66. The van der Waals surface area contributed by atoms with Crippen LogP contribution in [0.1, 0.15) is 88.0 Å². The molecule has 2 aromatic carbocycles. The number of rotatable bonds is 12. The molecule has 0 spiro atoms. The van der Waals surface area contributed by atoms with Crippen molar-refractivity contribution in [2.75, 3.05) is 7.11 Å². The number of carbonyl (C=O) groups is 4. The second kappa shape index (κ2) is 12.2. The molecule has 2 rings (SSSR count). The minimum absolute atomic E-state index is 0.00290. The Morgan fingerprint density at radius 3 is 1.78 bits per heavy atom. The molecule has 0 amide bonds. The lowest BCUT2D eigenvalue weighted by atomic mass is 9.61. The minimum atomic E-state index is -1.54. The van der Waals surface area contributed by atoms with Crippen LogP contribution in [0, 0.1) is 21.7 Å². The summed E-state index contributed by atoms with van der Waals surface area (Å²) in [6.07, 6.45) is 0.0709. The summed E-state index contributed by atoms with van der Waals surface area (Å²) < 4.78 is 16.5. The summed E-state index contributed by atoms with van der Waals surface area (Å²) in [5.41, 5.74) is -5.96. The molecule has 1 N–H and O–H groups in total. The zero-order chi connectivity index (χ0) is 31.4. The van der Waals surface area contributed by atoms with Crippen LogP contribution in [-0.4, -0.2) is 41.7 Å². The van der Waals surface area contributed by atoms with Crippen LogP contribution < -0.4 is 4.74 Å². The van der Waals surface area contributed by atoms with Gasteiger partial charge < -0.3 is 19.3 Å². The summed E-state index contributed by atoms with van der Waals surface area (Å²) in [5.74, 6) is -2.51. The minimum Gasteiger partial charge on any atom is -0.481 e. The summed E-state index contributed by atoms with van der Waals surface area (Å²) >= 11 is 0. The highest BCUT2D eigenvalue weighted by molar-refractivity contribution is 5.86. The molecule has 226 valence electrons. The van der Waals surface area contributed by atoms with Gasteiger partial charge in [-0.25, -0.2) is 0 Å². The van der Waals surface area contributed by atoms with E-state index in [0.29, 0.717) is 12.2 Å². The highest BCUT2D eigenvalue weighted by atomic mass is 16.6. The molecule has 0 saturated carbocycles. The first-order chi connectivity index (χ1) is 18.7. The molecule has 0 aliphatic heterocycles.